The Labute approximate surface area is 90.9 Å². The lowest BCUT2D eigenvalue weighted by Gasteiger charge is -2.09. The molecule has 0 aromatic rings. The number of hydrogen-bond donors (Lipinski definition) is 0. The maximum absolute atomic E-state index is 11.3. The van der Waals surface area contributed by atoms with Gasteiger partial charge in [0.25, 0.3) is 0 Å². The minimum absolute atomic E-state index is 0.244. The van der Waals surface area contributed by atoms with Gasteiger partial charge in [-0.15, -0.1) is 0 Å². The van der Waals surface area contributed by atoms with Gasteiger partial charge in [-0.2, -0.15) is 0 Å². The molecule has 1 atom stereocenters. The van der Waals surface area contributed by atoms with Gasteiger partial charge in [0, 0.05) is 13.2 Å². The molecule has 0 aliphatic carbocycles. The van der Waals surface area contributed by atoms with Crippen LogP contribution >= 0.6 is 0 Å². The van der Waals surface area contributed by atoms with Crippen LogP contribution < -0.4 is 0 Å². The molecule has 1 aliphatic rings. The molecule has 1 saturated heterocycles. The van der Waals surface area contributed by atoms with Gasteiger partial charge in [-0.25, -0.2) is 4.79 Å². The summed E-state index contributed by atoms with van der Waals surface area (Å²) in [6.07, 6.45) is 3.58. The van der Waals surface area contributed by atoms with Crippen molar-refractivity contribution in [3.8, 4) is 0 Å². The van der Waals surface area contributed by atoms with E-state index in [1.54, 1.807) is 0 Å². The maximum Gasteiger partial charge on any atom is 0.335 e. The van der Waals surface area contributed by atoms with E-state index in [1.807, 2.05) is 0 Å². The molecule has 0 bridgehead atoms. The van der Waals surface area contributed by atoms with Crippen LogP contribution in [0.4, 0.5) is 0 Å². The lowest BCUT2D eigenvalue weighted by molar-refractivity contribution is -0.155. The van der Waals surface area contributed by atoms with Crippen LogP contribution in [-0.4, -0.2) is 38.5 Å². The van der Waals surface area contributed by atoms with E-state index < -0.39 is 0 Å². The molecule has 0 amide bonds. The summed E-state index contributed by atoms with van der Waals surface area (Å²) >= 11 is 0. The summed E-state index contributed by atoms with van der Waals surface area (Å²) in [5, 5.41) is 0. The minimum atomic E-state index is -0.333. The van der Waals surface area contributed by atoms with Crippen LogP contribution in [0.15, 0.2) is 0 Å². The molecule has 0 spiro atoms. The molecule has 0 aromatic carbocycles. The van der Waals surface area contributed by atoms with Crippen LogP contribution in [0.25, 0.3) is 0 Å². The second-order valence-electron chi connectivity index (χ2n) is 3.64. The third-order valence-corrected chi connectivity index (χ3v) is 2.31. The number of ether oxygens (including phenoxy) is 3. The van der Waals surface area contributed by atoms with E-state index in [9.17, 15) is 4.79 Å². The summed E-state index contributed by atoms with van der Waals surface area (Å²) < 4.78 is 15.5. The average molecular weight is 216 g/mol. The standard InChI is InChI=1S/C11H20O4/c1-2-3-6-13-8-9-15-11(12)10-5-4-7-14-10/h10H,2-9H2,1H3. The highest BCUT2D eigenvalue weighted by Crippen LogP contribution is 2.12. The van der Waals surface area contributed by atoms with Crippen molar-refractivity contribution in [2.24, 2.45) is 0 Å². The molecule has 1 aliphatic heterocycles. The van der Waals surface area contributed by atoms with Gasteiger partial charge in [0.1, 0.15) is 6.61 Å². The van der Waals surface area contributed by atoms with Gasteiger partial charge >= 0.3 is 5.97 Å². The Morgan fingerprint density at radius 2 is 2.27 bits per heavy atom. The Morgan fingerprint density at radius 1 is 1.40 bits per heavy atom. The van der Waals surface area contributed by atoms with E-state index in [2.05, 4.69) is 6.92 Å². The molecule has 4 nitrogen and oxygen atoms in total. The van der Waals surface area contributed by atoms with Crippen LogP contribution in [0.5, 0.6) is 0 Å². The number of carbonyl (C=O) groups is 1. The first-order chi connectivity index (χ1) is 7.34. The molecule has 0 aromatic heterocycles. The number of unbranched alkanes of at least 4 members (excludes halogenated alkanes) is 1. The summed E-state index contributed by atoms with van der Waals surface area (Å²) in [5.41, 5.74) is 0. The molecule has 88 valence electrons. The average Bonchev–Trinajstić information content (AvgIpc) is 2.76. The summed E-state index contributed by atoms with van der Waals surface area (Å²) in [6.45, 7) is 4.35. The lowest BCUT2D eigenvalue weighted by Crippen LogP contribution is -2.23. The minimum Gasteiger partial charge on any atom is -0.461 e. The Hall–Kier alpha value is -0.610. The first kappa shape index (κ1) is 12.5. The molecule has 0 saturated carbocycles. The van der Waals surface area contributed by atoms with Gasteiger partial charge in [0.05, 0.1) is 6.61 Å². The van der Waals surface area contributed by atoms with E-state index in [1.165, 1.54) is 0 Å². The third-order valence-electron chi connectivity index (χ3n) is 2.31. The van der Waals surface area contributed by atoms with Gasteiger partial charge in [-0.05, 0) is 19.3 Å². The van der Waals surface area contributed by atoms with Crippen LogP contribution in [0.1, 0.15) is 32.6 Å². The number of esters is 1. The fraction of sp³-hybridized carbons (Fsp3) is 0.909. The van der Waals surface area contributed by atoms with Gasteiger partial charge in [0.15, 0.2) is 6.10 Å². The molecule has 1 fully saturated rings. The molecule has 0 N–H and O–H groups in total. The first-order valence-corrected chi connectivity index (χ1v) is 5.70. The Bertz CT molecular complexity index is 175. The summed E-state index contributed by atoms with van der Waals surface area (Å²) in [7, 11) is 0. The Kier molecular flexibility index (Phi) is 6.36. The normalized spacial score (nSPS) is 20.5. The van der Waals surface area contributed by atoms with Gasteiger partial charge < -0.3 is 14.2 Å². The van der Waals surface area contributed by atoms with Crippen LogP contribution in [0, 0.1) is 0 Å². The summed E-state index contributed by atoms with van der Waals surface area (Å²) in [4.78, 5) is 11.3. The molecule has 1 heterocycles. The molecule has 1 unspecified atom stereocenters. The zero-order valence-corrected chi connectivity index (χ0v) is 9.37. The van der Waals surface area contributed by atoms with Crippen LogP contribution in [0.2, 0.25) is 0 Å². The van der Waals surface area contributed by atoms with E-state index >= 15 is 0 Å². The van der Waals surface area contributed by atoms with Crippen molar-refractivity contribution in [2.75, 3.05) is 26.4 Å². The highest BCUT2D eigenvalue weighted by molar-refractivity contribution is 5.74. The van der Waals surface area contributed by atoms with Crippen LogP contribution in [-0.2, 0) is 19.0 Å². The Balaban J connectivity index is 1.92. The maximum atomic E-state index is 11.3. The second kappa shape index (κ2) is 7.65. The van der Waals surface area contributed by atoms with Crippen molar-refractivity contribution >= 4 is 5.97 Å². The van der Waals surface area contributed by atoms with E-state index in [0.717, 1.165) is 32.3 Å². The predicted molar refractivity (Wildman–Crippen MR) is 55.7 cm³/mol. The SMILES string of the molecule is CCCCOCCOC(=O)C1CCCO1. The molecular weight excluding hydrogens is 196 g/mol. The summed E-state index contributed by atoms with van der Waals surface area (Å²) in [5.74, 6) is -0.244. The van der Waals surface area contributed by atoms with Gasteiger partial charge in [-0.1, -0.05) is 13.3 Å². The van der Waals surface area contributed by atoms with Gasteiger partial charge in [-0.3, -0.25) is 0 Å². The van der Waals surface area contributed by atoms with Crippen molar-refractivity contribution in [3.05, 3.63) is 0 Å². The molecule has 0 radical (unpaired) electrons. The lowest BCUT2D eigenvalue weighted by atomic mass is 10.2. The van der Waals surface area contributed by atoms with Crippen molar-refractivity contribution in [1.29, 1.82) is 0 Å². The van der Waals surface area contributed by atoms with E-state index in [-0.39, 0.29) is 12.1 Å². The Morgan fingerprint density at radius 3 is 2.93 bits per heavy atom. The fourth-order valence-corrected chi connectivity index (χ4v) is 1.41. The molecule has 4 heteroatoms. The largest absolute Gasteiger partial charge is 0.461 e. The topological polar surface area (TPSA) is 44.8 Å². The van der Waals surface area contributed by atoms with Crippen molar-refractivity contribution < 1.29 is 19.0 Å². The van der Waals surface area contributed by atoms with Crippen molar-refractivity contribution in [1.82, 2.24) is 0 Å². The summed E-state index contributed by atoms with van der Waals surface area (Å²) in [6, 6.07) is 0. The zero-order chi connectivity index (χ0) is 10.9. The molecular formula is C11H20O4. The van der Waals surface area contributed by atoms with E-state index in [4.69, 9.17) is 14.2 Å². The number of hydrogen-bond acceptors (Lipinski definition) is 4. The monoisotopic (exact) mass is 216 g/mol. The van der Waals surface area contributed by atoms with Gasteiger partial charge in [0.2, 0.25) is 0 Å². The van der Waals surface area contributed by atoms with E-state index in [0.29, 0.717) is 19.8 Å². The highest BCUT2D eigenvalue weighted by atomic mass is 16.6. The first-order valence-electron chi connectivity index (χ1n) is 5.70. The fourth-order valence-electron chi connectivity index (χ4n) is 1.41. The van der Waals surface area contributed by atoms with Crippen molar-refractivity contribution in [3.63, 3.8) is 0 Å². The molecule has 1 rings (SSSR count). The smallest absolute Gasteiger partial charge is 0.335 e. The zero-order valence-electron chi connectivity index (χ0n) is 9.37. The number of rotatable bonds is 7. The third kappa shape index (κ3) is 5.14. The van der Waals surface area contributed by atoms with Crippen LogP contribution in [0.3, 0.4) is 0 Å². The quantitative estimate of drug-likeness (QED) is 0.478. The predicted octanol–water partition coefficient (Wildman–Crippen LogP) is 1.53. The number of carbonyl (C=O) groups excluding carboxylic acids is 1. The highest BCUT2D eigenvalue weighted by Gasteiger charge is 2.24. The van der Waals surface area contributed by atoms with Crippen molar-refractivity contribution in [2.45, 2.75) is 38.7 Å². The molecule has 15 heavy (non-hydrogen) atoms. The second-order valence-corrected chi connectivity index (χ2v) is 3.64.